The predicted molar refractivity (Wildman–Crippen MR) is 86.3 cm³/mol. The van der Waals surface area contributed by atoms with E-state index in [1.807, 2.05) is 0 Å². The molecule has 21 heavy (non-hydrogen) atoms. The molecule has 0 saturated heterocycles. The summed E-state index contributed by atoms with van der Waals surface area (Å²) in [5.74, 6) is 0. The average molecular weight is 281 g/mol. The van der Waals surface area contributed by atoms with E-state index in [4.69, 9.17) is 5.11 Å². The zero-order valence-corrected chi connectivity index (χ0v) is 12.4. The second kappa shape index (κ2) is 6.88. The van der Waals surface area contributed by atoms with E-state index >= 15 is 0 Å². The van der Waals surface area contributed by atoms with Gasteiger partial charge in [0.25, 0.3) is 0 Å². The molecule has 0 radical (unpaired) electrons. The quantitative estimate of drug-likeness (QED) is 0.909. The molecule has 0 fully saturated rings. The van der Waals surface area contributed by atoms with E-state index in [0.29, 0.717) is 6.04 Å². The van der Waals surface area contributed by atoms with Gasteiger partial charge >= 0.3 is 0 Å². The van der Waals surface area contributed by atoms with E-state index in [2.05, 4.69) is 59.5 Å². The van der Waals surface area contributed by atoms with Crippen LogP contribution in [-0.2, 0) is 12.8 Å². The maximum atomic E-state index is 9.14. The third-order valence-corrected chi connectivity index (χ3v) is 4.40. The molecular formula is C19H23NO. The van der Waals surface area contributed by atoms with Crippen molar-refractivity contribution in [1.29, 1.82) is 0 Å². The number of benzene rings is 2. The van der Waals surface area contributed by atoms with Gasteiger partial charge in [-0.05, 0) is 36.0 Å². The van der Waals surface area contributed by atoms with Gasteiger partial charge < -0.3 is 5.11 Å². The lowest BCUT2D eigenvalue weighted by molar-refractivity contribution is 0.163. The Hall–Kier alpha value is -1.64. The van der Waals surface area contributed by atoms with Crippen LogP contribution in [0.15, 0.2) is 54.6 Å². The van der Waals surface area contributed by atoms with Crippen molar-refractivity contribution >= 4 is 0 Å². The molecule has 110 valence electrons. The molecule has 0 amide bonds. The first-order chi connectivity index (χ1) is 10.4. The molecule has 2 heteroatoms. The fourth-order valence-electron chi connectivity index (χ4n) is 3.32. The second-order valence-electron chi connectivity index (χ2n) is 5.77. The smallest absolute Gasteiger partial charge is 0.0443 e. The third kappa shape index (κ3) is 3.34. The highest BCUT2D eigenvalue weighted by molar-refractivity contribution is 5.34. The zero-order chi connectivity index (χ0) is 14.5. The summed E-state index contributed by atoms with van der Waals surface area (Å²) in [5, 5.41) is 9.14. The lowest BCUT2D eigenvalue weighted by Gasteiger charge is -2.37. The maximum absolute atomic E-state index is 9.14. The molecule has 0 aliphatic carbocycles. The van der Waals surface area contributed by atoms with Crippen molar-refractivity contribution in [3.63, 3.8) is 0 Å². The Bertz CT molecular complexity index is 567. The minimum Gasteiger partial charge on any atom is -0.396 e. The lowest BCUT2D eigenvalue weighted by Crippen LogP contribution is -2.37. The van der Waals surface area contributed by atoms with Crippen molar-refractivity contribution in [2.45, 2.75) is 25.3 Å². The number of nitrogens with zero attached hydrogens (tertiary/aromatic N) is 1. The number of hydrogen-bond acceptors (Lipinski definition) is 2. The number of rotatable bonds is 5. The molecule has 1 heterocycles. The summed E-state index contributed by atoms with van der Waals surface area (Å²) in [6, 6.07) is 20.0. The molecule has 0 spiro atoms. The zero-order valence-electron chi connectivity index (χ0n) is 12.4. The Morgan fingerprint density at radius 3 is 2.57 bits per heavy atom. The molecule has 1 atom stereocenters. The van der Waals surface area contributed by atoms with Crippen LogP contribution in [-0.4, -0.2) is 29.7 Å². The molecule has 1 aliphatic heterocycles. The lowest BCUT2D eigenvalue weighted by atomic mass is 9.88. The van der Waals surface area contributed by atoms with Crippen LogP contribution in [0.2, 0.25) is 0 Å². The average Bonchev–Trinajstić information content (AvgIpc) is 2.55. The number of fused-ring (bicyclic) bond motifs is 1. The third-order valence-electron chi connectivity index (χ3n) is 4.40. The van der Waals surface area contributed by atoms with Gasteiger partial charge in [0.05, 0.1) is 0 Å². The molecule has 0 bridgehead atoms. The van der Waals surface area contributed by atoms with E-state index in [-0.39, 0.29) is 6.61 Å². The van der Waals surface area contributed by atoms with Gasteiger partial charge in [-0.1, -0.05) is 54.6 Å². The highest BCUT2D eigenvalue weighted by atomic mass is 16.3. The van der Waals surface area contributed by atoms with Gasteiger partial charge in [-0.2, -0.15) is 0 Å². The molecule has 2 nitrogen and oxygen atoms in total. The summed E-state index contributed by atoms with van der Waals surface area (Å²) in [6.45, 7) is 2.34. The standard InChI is InChI=1S/C19H23NO/c21-14-6-12-20-13-11-17-9-4-5-10-18(17)19(20)15-16-7-2-1-3-8-16/h1-5,7-10,19,21H,6,11-15H2/t19-/m1/s1. The molecule has 1 aliphatic rings. The molecule has 0 aromatic heterocycles. The van der Waals surface area contributed by atoms with E-state index in [1.54, 1.807) is 0 Å². The first kappa shape index (κ1) is 14.3. The highest BCUT2D eigenvalue weighted by Crippen LogP contribution is 2.32. The van der Waals surface area contributed by atoms with Crippen molar-refractivity contribution in [1.82, 2.24) is 4.90 Å². The van der Waals surface area contributed by atoms with E-state index in [0.717, 1.165) is 32.4 Å². The summed E-state index contributed by atoms with van der Waals surface area (Å²) in [5.41, 5.74) is 4.33. The molecular weight excluding hydrogens is 258 g/mol. The maximum Gasteiger partial charge on any atom is 0.0443 e. The van der Waals surface area contributed by atoms with Gasteiger partial charge in [0.15, 0.2) is 0 Å². The van der Waals surface area contributed by atoms with Gasteiger partial charge in [-0.3, -0.25) is 4.90 Å². The fraction of sp³-hybridized carbons (Fsp3) is 0.368. The Labute approximate surface area is 127 Å². The van der Waals surface area contributed by atoms with Crippen molar-refractivity contribution in [3.8, 4) is 0 Å². The van der Waals surface area contributed by atoms with Crippen LogP contribution in [0.1, 0.15) is 29.2 Å². The minimum atomic E-state index is 0.274. The van der Waals surface area contributed by atoms with Crippen LogP contribution in [0, 0.1) is 0 Å². The van der Waals surface area contributed by atoms with Crippen LogP contribution in [0.5, 0.6) is 0 Å². The normalized spacial score (nSPS) is 18.4. The Morgan fingerprint density at radius 2 is 1.76 bits per heavy atom. The SMILES string of the molecule is OCCCN1CCc2ccccc2[C@H]1Cc1ccccc1. The van der Waals surface area contributed by atoms with E-state index in [9.17, 15) is 0 Å². The summed E-state index contributed by atoms with van der Waals surface area (Å²) in [6.07, 6.45) is 3.02. The van der Waals surface area contributed by atoms with Gasteiger partial charge in [-0.15, -0.1) is 0 Å². The first-order valence-corrected chi connectivity index (χ1v) is 7.85. The van der Waals surface area contributed by atoms with E-state index in [1.165, 1.54) is 16.7 Å². The monoisotopic (exact) mass is 281 g/mol. The van der Waals surface area contributed by atoms with Crippen molar-refractivity contribution in [2.24, 2.45) is 0 Å². The van der Waals surface area contributed by atoms with Crippen LogP contribution < -0.4 is 0 Å². The summed E-state index contributed by atoms with van der Waals surface area (Å²) in [7, 11) is 0. The minimum absolute atomic E-state index is 0.274. The van der Waals surface area contributed by atoms with Gasteiger partial charge in [0.2, 0.25) is 0 Å². The first-order valence-electron chi connectivity index (χ1n) is 7.85. The summed E-state index contributed by atoms with van der Waals surface area (Å²) >= 11 is 0. The Balaban J connectivity index is 1.86. The van der Waals surface area contributed by atoms with E-state index < -0.39 is 0 Å². The number of hydrogen-bond donors (Lipinski definition) is 1. The Kier molecular flexibility index (Phi) is 4.69. The molecule has 2 aromatic carbocycles. The van der Waals surface area contributed by atoms with Gasteiger partial charge in [-0.25, -0.2) is 0 Å². The fourth-order valence-corrected chi connectivity index (χ4v) is 3.32. The second-order valence-corrected chi connectivity index (χ2v) is 5.77. The topological polar surface area (TPSA) is 23.5 Å². The predicted octanol–water partition coefficient (Wildman–Crippen LogP) is 3.21. The molecule has 0 unspecified atom stereocenters. The van der Waals surface area contributed by atoms with Crippen molar-refractivity contribution in [2.75, 3.05) is 19.7 Å². The van der Waals surface area contributed by atoms with Crippen LogP contribution >= 0.6 is 0 Å². The Morgan fingerprint density at radius 1 is 1.00 bits per heavy atom. The molecule has 0 saturated carbocycles. The molecule has 3 rings (SSSR count). The van der Waals surface area contributed by atoms with Crippen molar-refractivity contribution in [3.05, 3.63) is 71.3 Å². The van der Waals surface area contributed by atoms with Gasteiger partial charge in [0, 0.05) is 25.7 Å². The molecule has 1 N–H and O–H groups in total. The summed E-state index contributed by atoms with van der Waals surface area (Å²) < 4.78 is 0. The molecule has 2 aromatic rings. The number of aliphatic hydroxyl groups is 1. The highest BCUT2D eigenvalue weighted by Gasteiger charge is 2.26. The van der Waals surface area contributed by atoms with Crippen LogP contribution in [0.25, 0.3) is 0 Å². The van der Waals surface area contributed by atoms with Crippen molar-refractivity contribution < 1.29 is 5.11 Å². The number of aliphatic hydroxyl groups excluding tert-OH is 1. The van der Waals surface area contributed by atoms with Gasteiger partial charge in [0.1, 0.15) is 0 Å². The largest absolute Gasteiger partial charge is 0.396 e. The van der Waals surface area contributed by atoms with Crippen LogP contribution in [0.4, 0.5) is 0 Å². The summed E-state index contributed by atoms with van der Waals surface area (Å²) in [4.78, 5) is 2.53. The van der Waals surface area contributed by atoms with Crippen LogP contribution in [0.3, 0.4) is 0 Å².